The van der Waals surface area contributed by atoms with E-state index in [1.165, 1.54) is 0 Å². The lowest BCUT2D eigenvalue weighted by Gasteiger charge is -2.36. The summed E-state index contributed by atoms with van der Waals surface area (Å²) in [4.78, 5) is 34.2. The number of carbonyl (C=O) groups excluding carboxylic acids is 2. The predicted molar refractivity (Wildman–Crippen MR) is 146 cm³/mol. The third-order valence-corrected chi connectivity index (χ3v) is 7.64. The number of aromatic nitrogens is 2. The van der Waals surface area contributed by atoms with Crippen LogP contribution in [0.5, 0.6) is 11.5 Å². The Labute approximate surface area is 229 Å². The van der Waals surface area contributed by atoms with Gasteiger partial charge in [-0.1, -0.05) is 0 Å². The van der Waals surface area contributed by atoms with Gasteiger partial charge in [0.2, 0.25) is 11.8 Å². The highest BCUT2D eigenvalue weighted by Crippen LogP contribution is 2.32. The van der Waals surface area contributed by atoms with Gasteiger partial charge in [-0.3, -0.25) is 14.5 Å². The molecule has 0 bridgehead atoms. The Hall–Kier alpha value is -3.44. The number of piperazine rings is 1. The first kappa shape index (κ1) is 27.1. The quantitative estimate of drug-likeness (QED) is 0.444. The van der Waals surface area contributed by atoms with Gasteiger partial charge in [0.25, 0.3) is 0 Å². The third kappa shape index (κ3) is 6.77. The molecule has 2 amide bonds. The van der Waals surface area contributed by atoms with Crippen LogP contribution in [0.1, 0.15) is 12.8 Å². The molecule has 0 unspecified atom stereocenters. The van der Waals surface area contributed by atoms with Gasteiger partial charge in [-0.25, -0.2) is 0 Å². The zero-order valence-electron chi connectivity index (χ0n) is 22.9. The molecule has 2 saturated heterocycles. The molecule has 3 heterocycles. The Bertz CT molecular complexity index is 1130. The maximum Gasteiger partial charge on any atom is 0.242 e. The van der Waals surface area contributed by atoms with Crippen LogP contribution >= 0.6 is 0 Å². The summed E-state index contributed by atoms with van der Waals surface area (Å²) in [6.45, 7) is 7.23. The maximum absolute atomic E-state index is 13.2. The van der Waals surface area contributed by atoms with Crippen molar-refractivity contribution in [2.45, 2.75) is 12.8 Å². The van der Waals surface area contributed by atoms with Crippen molar-refractivity contribution in [1.82, 2.24) is 24.9 Å². The Morgan fingerprint density at radius 2 is 1.69 bits per heavy atom. The van der Waals surface area contributed by atoms with E-state index in [1.807, 2.05) is 35.2 Å². The Morgan fingerprint density at radius 3 is 2.33 bits per heavy atom. The van der Waals surface area contributed by atoms with Gasteiger partial charge < -0.3 is 28.9 Å². The van der Waals surface area contributed by atoms with Crippen LogP contribution in [0.3, 0.4) is 0 Å². The van der Waals surface area contributed by atoms with Crippen molar-refractivity contribution >= 4 is 17.6 Å². The number of morpholine rings is 1. The van der Waals surface area contributed by atoms with Gasteiger partial charge in [0, 0.05) is 63.8 Å². The van der Waals surface area contributed by atoms with Crippen LogP contribution in [0.2, 0.25) is 0 Å². The number of amides is 2. The van der Waals surface area contributed by atoms with Gasteiger partial charge in [0.1, 0.15) is 0 Å². The van der Waals surface area contributed by atoms with Crippen LogP contribution in [-0.4, -0.2) is 123 Å². The molecule has 11 heteroatoms. The van der Waals surface area contributed by atoms with Crippen molar-refractivity contribution < 1.29 is 23.8 Å². The van der Waals surface area contributed by atoms with Crippen LogP contribution in [0, 0.1) is 5.92 Å². The minimum absolute atomic E-state index is 0.0144. The summed E-state index contributed by atoms with van der Waals surface area (Å²) in [5.74, 6) is 2.32. The fraction of sp³-hybridized carbons (Fsp3) is 0.571. The molecule has 39 heavy (non-hydrogen) atoms. The molecule has 3 fully saturated rings. The van der Waals surface area contributed by atoms with E-state index in [2.05, 4.69) is 20.0 Å². The zero-order valence-corrected chi connectivity index (χ0v) is 22.9. The lowest BCUT2D eigenvalue weighted by molar-refractivity contribution is -0.141. The highest BCUT2D eigenvalue weighted by atomic mass is 16.5. The van der Waals surface area contributed by atoms with E-state index < -0.39 is 0 Å². The lowest BCUT2D eigenvalue weighted by Crippen LogP contribution is -2.53. The minimum atomic E-state index is 0.0144. The molecule has 1 aliphatic carbocycles. The van der Waals surface area contributed by atoms with E-state index in [0.29, 0.717) is 44.2 Å². The molecule has 5 rings (SSSR count). The van der Waals surface area contributed by atoms with Gasteiger partial charge in [0.15, 0.2) is 17.3 Å². The van der Waals surface area contributed by atoms with Crippen LogP contribution in [0.15, 0.2) is 30.3 Å². The smallest absolute Gasteiger partial charge is 0.242 e. The molecular weight excluding hydrogens is 500 g/mol. The predicted octanol–water partition coefficient (Wildman–Crippen LogP) is 1.38. The molecule has 0 radical (unpaired) electrons. The van der Waals surface area contributed by atoms with Gasteiger partial charge in [-0.15, -0.1) is 10.2 Å². The van der Waals surface area contributed by atoms with Crippen LogP contribution in [0.25, 0.3) is 11.3 Å². The summed E-state index contributed by atoms with van der Waals surface area (Å²) in [5.41, 5.74) is 1.63. The van der Waals surface area contributed by atoms with E-state index in [1.54, 1.807) is 19.1 Å². The maximum atomic E-state index is 13.2. The van der Waals surface area contributed by atoms with E-state index in [0.717, 1.165) is 62.8 Å². The van der Waals surface area contributed by atoms with Gasteiger partial charge >= 0.3 is 0 Å². The van der Waals surface area contributed by atoms with E-state index in [4.69, 9.17) is 14.2 Å². The first-order valence-electron chi connectivity index (χ1n) is 13.7. The van der Waals surface area contributed by atoms with Crippen molar-refractivity contribution in [3.8, 4) is 22.8 Å². The second-order valence-electron chi connectivity index (χ2n) is 10.2. The molecule has 0 atom stereocenters. The van der Waals surface area contributed by atoms with Crippen LogP contribution in [0.4, 0.5) is 5.82 Å². The van der Waals surface area contributed by atoms with E-state index >= 15 is 0 Å². The summed E-state index contributed by atoms with van der Waals surface area (Å²) in [6, 6.07) is 9.55. The van der Waals surface area contributed by atoms with Crippen LogP contribution < -0.4 is 14.4 Å². The van der Waals surface area contributed by atoms with Gasteiger partial charge in [-0.2, -0.15) is 0 Å². The van der Waals surface area contributed by atoms with Crippen LogP contribution in [-0.2, 0) is 14.3 Å². The molecule has 1 aromatic carbocycles. The Kier molecular flexibility index (Phi) is 8.77. The number of nitrogens with zero attached hydrogens (tertiary/aromatic N) is 6. The van der Waals surface area contributed by atoms with E-state index in [9.17, 15) is 9.59 Å². The Morgan fingerprint density at radius 1 is 0.949 bits per heavy atom. The van der Waals surface area contributed by atoms with E-state index in [-0.39, 0.29) is 24.3 Å². The number of carbonyl (C=O) groups is 2. The molecule has 210 valence electrons. The highest BCUT2D eigenvalue weighted by molar-refractivity contribution is 5.87. The normalized spacial score (nSPS) is 18.1. The fourth-order valence-electron chi connectivity index (χ4n) is 5.03. The molecular formula is C28H38N6O5. The topological polar surface area (TPSA) is 101 Å². The zero-order chi connectivity index (χ0) is 27.2. The van der Waals surface area contributed by atoms with Gasteiger partial charge in [-0.05, 0) is 43.2 Å². The molecule has 2 aromatic rings. The monoisotopic (exact) mass is 538 g/mol. The number of ether oxygens (including phenoxy) is 3. The lowest BCUT2D eigenvalue weighted by atomic mass is 10.1. The molecule has 1 saturated carbocycles. The number of anilines is 1. The fourth-order valence-corrected chi connectivity index (χ4v) is 5.03. The molecule has 1 aromatic heterocycles. The van der Waals surface area contributed by atoms with Crippen molar-refractivity contribution in [1.29, 1.82) is 0 Å². The summed E-state index contributed by atoms with van der Waals surface area (Å²) in [5, 5.41) is 8.87. The van der Waals surface area contributed by atoms with Crippen molar-refractivity contribution in [2.24, 2.45) is 5.92 Å². The average molecular weight is 539 g/mol. The standard InChI is InChI=1S/C28H38N6O5/c1-37-24-7-5-22(19-25(24)38-2)23-6-8-26(30-29-23)32-11-13-33(14-12-32)27(35)20-34(28(36)21-3-4-21)10-9-31-15-17-39-18-16-31/h5-8,19,21H,3-4,9-18,20H2,1-2H3. The number of rotatable bonds is 10. The van der Waals surface area contributed by atoms with Crippen molar-refractivity contribution in [3.05, 3.63) is 30.3 Å². The van der Waals surface area contributed by atoms with Gasteiger partial charge in [0.05, 0.1) is 39.7 Å². The second kappa shape index (κ2) is 12.6. The SMILES string of the molecule is COc1ccc(-c2ccc(N3CCN(C(=O)CN(CCN4CCOCC4)C(=O)C4CC4)CC3)nn2)cc1OC. The second-order valence-corrected chi connectivity index (χ2v) is 10.2. The Balaban J connectivity index is 1.14. The summed E-state index contributed by atoms with van der Waals surface area (Å²) < 4.78 is 16.1. The van der Waals surface area contributed by atoms with Crippen molar-refractivity contribution in [3.63, 3.8) is 0 Å². The molecule has 3 aliphatic rings. The summed E-state index contributed by atoms with van der Waals surface area (Å²) >= 11 is 0. The average Bonchev–Trinajstić information content (AvgIpc) is 3.85. The molecule has 0 spiro atoms. The first-order valence-corrected chi connectivity index (χ1v) is 13.7. The number of methoxy groups -OCH3 is 2. The number of benzene rings is 1. The number of hydrogen-bond donors (Lipinski definition) is 0. The summed E-state index contributed by atoms with van der Waals surface area (Å²) in [7, 11) is 3.21. The number of hydrogen-bond acceptors (Lipinski definition) is 9. The minimum Gasteiger partial charge on any atom is -0.493 e. The largest absolute Gasteiger partial charge is 0.493 e. The third-order valence-electron chi connectivity index (χ3n) is 7.64. The molecule has 11 nitrogen and oxygen atoms in total. The summed E-state index contributed by atoms with van der Waals surface area (Å²) in [6.07, 6.45) is 1.87. The highest BCUT2D eigenvalue weighted by Gasteiger charge is 2.35. The molecule has 2 aliphatic heterocycles. The van der Waals surface area contributed by atoms with Crippen molar-refractivity contribution in [2.75, 3.05) is 91.2 Å². The molecule has 0 N–H and O–H groups in total. The first-order chi connectivity index (χ1) is 19.1.